The minimum Gasteiger partial charge on any atom is -0.462 e. The highest BCUT2D eigenvalue weighted by Crippen LogP contribution is 2.19. The molecule has 0 saturated carbocycles. The number of hydrogen-bond acceptors (Lipinski definition) is 6. The first-order chi connectivity index (χ1) is 38.5. The fraction of sp³-hybridized carbons (Fsp3) is 0.903. The highest BCUT2D eigenvalue weighted by molar-refractivity contribution is 5.71. The Balaban J connectivity index is 4.15. The molecule has 0 fully saturated rings. The van der Waals surface area contributed by atoms with Crippen LogP contribution < -0.4 is 0 Å². The van der Waals surface area contributed by atoms with Crippen molar-refractivity contribution in [2.45, 2.75) is 406 Å². The summed E-state index contributed by atoms with van der Waals surface area (Å²) in [7, 11) is 0. The van der Waals surface area contributed by atoms with Gasteiger partial charge in [0.05, 0.1) is 0 Å². The Hall–Kier alpha value is -2.11. The maximum atomic E-state index is 12.9. The lowest BCUT2D eigenvalue weighted by atomic mass is 10.0. The minimum absolute atomic E-state index is 0.0694. The Morgan fingerprint density at radius 2 is 0.487 bits per heavy atom. The van der Waals surface area contributed by atoms with Gasteiger partial charge in [0.15, 0.2) is 6.10 Å². The number of carbonyl (C=O) groups excluding carboxylic acids is 3. The van der Waals surface area contributed by atoms with Gasteiger partial charge in [-0.25, -0.2) is 0 Å². The lowest BCUT2D eigenvalue weighted by Crippen LogP contribution is -2.30. The van der Waals surface area contributed by atoms with E-state index in [1.807, 2.05) is 0 Å². The Kier molecular flexibility index (Phi) is 65.6. The molecule has 6 heteroatoms. The number of rotatable bonds is 66. The van der Waals surface area contributed by atoms with E-state index in [0.29, 0.717) is 19.3 Å². The van der Waals surface area contributed by atoms with E-state index < -0.39 is 6.10 Å². The van der Waals surface area contributed by atoms with Crippen molar-refractivity contribution >= 4 is 17.9 Å². The van der Waals surface area contributed by atoms with Crippen LogP contribution in [0.3, 0.4) is 0 Å². The second kappa shape index (κ2) is 67.4. The molecule has 0 aromatic rings. The zero-order valence-corrected chi connectivity index (χ0v) is 53.0. The van der Waals surface area contributed by atoms with Gasteiger partial charge in [0.2, 0.25) is 0 Å². The van der Waals surface area contributed by atoms with E-state index in [2.05, 4.69) is 45.1 Å². The van der Waals surface area contributed by atoms with E-state index in [9.17, 15) is 14.4 Å². The quantitative estimate of drug-likeness (QED) is 0.0261. The molecule has 0 N–H and O–H groups in total. The summed E-state index contributed by atoms with van der Waals surface area (Å²) in [6.45, 7) is 6.65. The van der Waals surface area contributed by atoms with Crippen molar-refractivity contribution in [3.63, 3.8) is 0 Å². The zero-order valence-electron chi connectivity index (χ0n) is 53.0. The maximum Gasteiger partial charge on any atom is 0.306 e. The van der Waals surface area contributed by atoms with Crippen LogP contribution in [0.2, 0.25) is 0 Å². The minimum atomic E-state index is -0.773. The van der Waals surface area contributed by atoms with Gasteiger partial charge in [-0.15, -0.1) is 0 Å². The summed E-state index contributed by atoms with van der Waals surface area (Å²) in [5.41, 5.74) is 0. The molecule has 0 aliphatic rings. The maximum absolute atomic E-state index is 12.9. The summed E-state index contributed by atoms with van der Waals surface area (Å²) in [5.74, 6) is -0.853. The molecular formula is C72H136O6. The monoisotopic (exact) mass is 1100 g/mol. The van der Waals surface area contributed by atoms with Crippen LogP contribution in [0.4, 0.5) is 0 Å². The first-order valence-corrected chi connectivity index (χ1v) is 35.3. The van der Waals surface area contributed by atoms with Gasteiger partial charge in [0.1, 0.15) is 13.2 Å². The van der Waals surface area contributed by atoms with Gasteiger partial charge < -0.3 is 14.2 Å². The molecule has 0 heterocycles. The summed E-state index contributed by atoms with van der Waals surface area (Å²) in [6.07, 6.45) is 82.2. The second-order valence-corrected chi connectivity index (χ2v) is 24.2. The first-order valence-electron chi connectivity index (χ1n) is 35.3. The van der Waals surface area contributed by atoms with Crippen LogP contribution in [0.25, 0.3) is 0 Å². The Bertz CT molecular complexity index is 1260. The summed E-state index contributed by atoms with van der Waals surface area (Å²) >= 11 is 0. The van der Waals surface area contributed by atoms with Crippen molar-refractivity contribution in [2.75, 3.05) is 13.2 Å². The fourth-order valence-electron chi connectivity index (χ4n) is 10.9. The van der Waals surface area contributed by atoms with Crippen molar-refractivity contribution in [2.24, 2.45) is 0 Å². The molecule has 0 amide bonds. The normalized spacial score (nSPS) is 12.1. The lowest BCUT2D eigenvalue weighted by molar-refractivity contribution is -0.167. The molecule has 0 aliphatic heterocycles. The summed E-state index contributed by atoms with van der Waals surface area (Å²) in [5, 5.41) is 0. The molecule has 460 valence electrons. The Morgan fingerprint density at radius 3 is 0.756 bits per heavy atom. The summed E-state index contributed by atoms with van der Waals surface area (Å²) < 4.78 is 17.0. The van der Waals surface area contributed by atoms with Crippen molar-refractivity contribution < 1.29 is 28.6 Å². The van der Waals surface area contributed by atoms with E-state index in [1.54, 1.807) is 0 Å². The molecule has 1 atom stereocenters. The Morgan fingerprint density at radius 1 is 0.256 bits per heavy atom. The molecule has 78 heavy (non-hydrogen) atoms. The largest absolute Gasteiger partial charge is 0.462 e. The molecule has 0 radical (unpaired) electrons. The smallest absolute Gasteiger partial charge is 0.306 e. The lowest BCUT2D eigenvalue weighted by Gasteiger charge is -2.18. The van der Waals surface area contributed by atoms with E-state index in [-0.39, 0.29) is 31.1 Å². The third-order valence-electron chi connectivity index (χ3n) is 16.2. The predicted octanol–water partition coefficient (Wildman–Crippen LogP) is 24.2. The molecule has 0 saturated heterocycles. The van der Waals surface area contributed by atoms with Crippen LogP contribution in [0.15, 0.2) is 24.3 Å². The summed E-state index contributed by atoms with van der Waals surface area (Å²) in [4.78, 5) is 38.4. The molecule has 0 spiro atoms. The van der Waals surface area contributed by atoms with Gasteiger partial charge in [-0.05, 0) is 44.9 Å². The topological polar surface area (TPSA) is 78.9 Å². The number of carbonyl (C=O) groups is 3. The number of allylic oxidation sites excluding steroid dienone is 4. The van der Waals surface area contributed by atoms with Crippen molar-refractivity contribution in [3.8, 4) is 0 Å². The van der Waals surface area contributed by atoms with Crippen molar-refractivity contribution in [1.82, 2.24) is 0 Å². The molecule has 0 rings (SSSR count). The van der Waals surface area contributed by atoms with Gasteiger partial charge in [-0.3, -0.25) is 14.4 Å². The van der Waals surface area contributed by atoms with Crippen LogP contribution in [0.5, 0.6) is 0 Å². The van der Waals surface area contributed by atoms with E-state index in [0.717, 1.165) is 83.5 Å². The zero-order chi connectivity index (χ0) is 56.4. The van der Waals surface area contributed by atoms with E-state index >= 15 is 0 Å². The highest BCUT2D eigenvalue weighted by atomic mass is 16.6. The van der Waals surface area contributed by atoms with E-state index in [4.69, 9.17) is 14.2 Å². The predicted molar refractivity (Wildman–Crippen MR) is 340 cm³/mol. The third kappa shape index (κ3) is 64.7. The highest BCUT2D eigenvalue weighted by Gasteiger charge is 2.19. The summed E-state index contributed by atoms with van der Waals surface area (Å²) in [6, 6.07) is 0. The number of unbranched alkanes of at least 4 members (excludes halogenated alkanes) is 51. The van der Waals surface area contributed by atoms with Crippen LogP contribution in [-0.4, -0.2) is 37.2 Å². The average molecular weight is 1100 g/mol. The van der Waals surface area contributed by atoms with Crippen LogP contribution in [0.1, 0.15) is 400 Å². The van der Waals surface area contributed by atoms with Gasteiger partial charge in [0, 0.05) is 19.3 Å². The average Bonchev–Trinajstić information content (AvgIpc) is 3.44. The second-order valence-electron chi connectivity index (χ2n) is 24.2. The third-order valence-corrected chi connectivity index (χ3v) is 16.2. The van der Waals surface area contributed by atoms with Gasteiger partial charge in [-0.1, -0.05) is 360 Å². The van der Waals surface area contributed by atoms with E-state index in [1.165, 1.54) is 276 Å². The van der Waals surface area contributed by atoms with Crippen LogP contribution >= 0.6 is 0 Å². The molecule has 1 unspecified atom stereocenters. The Labute approximate surface area is 487 Å². The first kappa shape index (κ1) is 75.9. The molecule has 6 nitrogen and oxygen atoms in total. The number of ether oxygens (including phenoxy) is 3. The van der Waals surface area contributed by atoms with Crippen molar-refractivity contribution in [1.29, 1.82) is 0 Å². The van der Waals surface area contributed by atoms with Gasteiger partial charge in [-0.2, -0.15) is 0 Å². The standard InChI is InChI=1S/C72H136O6/c1-4-7-10-13-16-19-22-25-27-29-31-32-33-34-35-36-37-38-39-40-41-43-44-47-50-53-56-59-62-65-71(74)77-68-69(67-76-70(73)64-61-58-55-52-49-46-24-21-18-15-12-9-6-3)78-72(75)66-63-60-57-54-51-48-45-42-30-28-26-23-20-17-14-11-8-5-2/h12,15,21,24,69H,4-11,13-14,16-20,22-23,25-68H2,1-3H3/b15-12-,24-21-. The fourth-order valence-corrected chi connectivity index (χ4v) is 10.9. The molecule has 0 aliphatic carbocycles. The number of hydrogen-bond donors (Lipinski definition) is 0. The molecule has 0 bridgehead atoms. The molecular weight excluding hydrogens is 961 g/mol. The van der Waals surface area contributed by atoms with Crippen LogP contribution in [-0.2, 0) is 28.6 Å². The van der Waals surface area contributed by atoms with Gasteiger partial charge >= 0.3 is 17.9 Å². The SMILES string of the molecule is CCC/C=C\C/C=C\CCCCCCCC(=O)OCC(COC(=O)CCCCCCCCCCCCCCCCCCCCCCCCCCCCCCC)OC(=O)CCCCCCCCCCCCCCCCCCCC. The van der Waals surface area contributed by atoms with Gasteiger partial charge in [0.25, 0.3) is 0 Å². The van der Waals surface area contributed by atoms with Crippen molar-refractivity contribution in [3.05, 3.63) is 24.3 Å². The number of esters is 3. The van der Waals surface area contributed by atoms with Crippen LogP contribution in [0, 0.1) is 0 Å². The molecule has 0 aromatic carbocycles. The molecule has 0 aromatic heterocycles.